The number of benzene rings is 2. The van der Waals surface area contributed by atoms with E-state index in [4.69, 9.17) is 29.6 Å². The Morgan fingerprint density at radius 1 is 1.21 bits per heavy atom. The molecule has 0 saturated carbocycles. The lowest BCUT2D eigenvalue weighted by molar-refractivity contribution is 0.631. The highest BCUT2D eigenvalue weighted by Gasteiger charge is 2.07. The van der Waals surface area contributed by atoms with Gasteiger partial charge in [0.1, 0.15) is 10.8 Å². The summed E-state index contributed by atoms with van der Waals surface area (Å²) in [6.07, 6.45) is 0. The summed E-state index contributed by atoms with van der Waals surface area (Å²) in [5.41, 5.74) is 6.94. The number of thiocarbonyl (C=S) groups is 1. The smallest absolute Gasteiger partial charge is 0.147 e. The standard InChI is InChI=1S/C13H9BrClFN2S/c14-9-3-2-8(15)6-12(9)18-11-4-1-7(13(17)19)5-10(11)16/h1-6,18H,(H2,17,19). The molecule has 0 saturated heterocycles. The predicted molar refractivity (Wildman–Crippen MR) is 84.7 cm³/mol. The van der Waals surface area contributed by atoms with Crippen molar-refractivity contribution in [2.24, 2.45) is 5.73 Å². The van der Waals surface area contributed by atoms with Crippen LogP contribution in [0, 0.1) is 5.82 Å². The van der Waals surface area contributed by atoms with Crippen molar-refractivity contribution in [1.82, 2.24) is 0 Å². The number of nitrogens with one attached hydrogen (secondary N) is 1. The largest absolute Gasteiger partial charge is 0.389 e. The zero-order chi connectivity index (χ0) is 14.0. The van der Waals surface area contributed by atoms with Gasteiger partial charge < -0.3 is 11.1 Å². The topological polar surface area (TPSA) is 38.0 Å². The highest BCUT2D eigenvalue weighted by Crippen LogP contribution is 2.30. The van der Waals surface area contributed by atoms with E-state index >= 15 is 0 Å². The van der Waals surface area contributed by atoms with Crippen molar-refractivity contribution in [3.8, 4) is 0 Å². The molecular weight excluding hydrogens is 351 g/mol. The SMILES string of the molecule is NC(=S)c1ccc(Nc2cc(Cl)ccc2Br)c(F)c1. The van der Waals surface area contributed by atoms with Crippen molar-refractivity contribution in [2.45, 2.75) is 0 Å². The lowest BCUT2D eigenvalue weighted by Crippen LogP contribution is -2.09. The normalized spacial score (nSPS) is 10.3. The number of nitrogens with two attached hydrogens (primary N) is 1. The molecule has 0 amide bonds. The van der Waals surface area contributed by atoms with Crippen molar-refractivity contribution >= 4 is 56.1 Å². The van der Waals surface area contributed by atoms with Crippen LogP contribution in [0.3, 0.4) is 0 Å². The lowest BCUT2D eigenvalue weighted by Gasteiger charge is -2.11. The van der Waals surface area contributed by atoms with Crippen molar-refractivity contribution in [3.05, 3.63) is 57.3 Å². The molecule has 6 heteroatoms. The molecule has 0 aliphatic carbocycles. The first-order chi connectivity index (χ1) is 8.97. The number of hydrogen-bond donors (Lipinski definition) is 2. The van der Waals surface area contributed by atoms with Gasteiger partial charge in [-0.1, -0.05) is 23.8 Å². The maximum absolute atomic E-state index is 13.9. The minimum absolute atomic E-state index is 0.161. The van der Waals surface area contributed by atoms with E-state index < -0.39 is 5.82 Å². The first-order valence-electron chi connectivity index (χ1n) is 5.29. The van der Waals surface area contributed by atoms with Crippen molar-refractivity contribution in [1.29, 1.82) is 0 Å². The van der Waals surface area contributed by atoms with Gasteiger partial charge in [-0.05, 0) is 52.3 Å². The van der Waals surface area contributed by atoms with Crippen LogP contribution in [0.5, 0.6) is 0 Å². The Labute approximate surface area is 128 Å². The molecule has 98 valence electrons. The Hall–Kier alpha value is -1.17. The van der Waals surface area contributed by atoms with Crippen LogP contribution in [0.25, 0.3) is 0 Å². The molecule has 0 atom stereocenters. The number of rotatable bonds is 3. The van der Waals surface area contributed by atoms with Gasteiger partial charge in [-0.2, -0.15) is 0 Å². The second kappa shape index (κ2) is 5.86. The molecule has 0 spiro atoms. The minimum atomic E-state index is -0.433. The first kappa shape index (κ1) is 14.2. The molecule has 2 aromatic rings. The van der Waals surface area contributed by atoms with Crippen molar-refractivity contribution < 1.29 is 4.39 Å². The van der Waals surface area contributed by atoms with Crippen LogP contribution in [-0.2, 0) is 0 Å². The summed E-state index contributed by atoms with van der Waals surface area (Å²) in [4.78, 5) is 0.161. The highest BCUT2D eigenvalue weighted by molar-refractivity contribution is 9.10. The van der Waals surface area contributed by atoms with E-state index in [1.54, 1.807) is 30.3 Å². The molecule has 0 aromatic heterocycles. The van der Waals surface area contributed by atoms with Gasteiger partial charge in [-0.25, -0.2) is 4.39 Å². The Morgan fingerprint density at radius 2 is 1.95 bits per heavy atom. The fourth-order valence-corrected chi connectivity index (χ4v) is 2.15. The Kier molecular flexibility index (Phi) is 4.39. The molecule has 0 fully saturated rings. The van der Waals surface area contributed by atoms with Gasteiger partial charge in [0.15, 0.2) is 0 Å². The van der Waals surface area contributed by atoms with E-state index in [9.17, 15) is 4.39 Å². The summed E-state index contributed by atoms with van der Waals surface area (Å²) < 4.78 is 14.7. The molecule has 0 bridgehead atoms. The second-order valence-electron chi connectivity index (χ2n) is 3.81. The van der Waals surface area contributed by atoms with Crippen LogP contribution in [0.4, 0.5) is 15.8 Å². The van der Waals surface area contributed by atoms with E-state index in [0.717, 1.165) is 4.47 Å². The second-order valence-corrected chi connectivity index (χ2v) is 5.54. The third-order valence-electron chi connectivity index (χ3n) is 2.45. The van der Waals surface area contributed by atoms with Gasteiger partial charge >= 0.3 is 0 Å². The third kappa shape index (κ3) is 3.43. The van der Waals surface area contributed by atoms with Gasteiger partial charge in [0.25, 0.3) is 0 Å². The van der Waals surface area contributed by atoms with Crippen LogP contribution in [0.2, 0.25) is 5.02 Å². The molecular formula is C13H9BrClFN2S. The van der Waals surface area contributed by atoms with Crippen LogP contribution in [0.15, 0.2) is 40.9 Å². The molecule has 0 aliphatic rings. The van der Waals surface area contributed by atoms with E-state index in [0.29, 0.717) is 22.0 Å². The minimum Gasteiger partial charge on any atom is -0.389 e. The third-order valence-corrected chi connectivity index (χ3v) is 3.61. The number of halogens is 3. The molecule has 2 rings (SSSR count). The quantitative estimate of drug-likeness (QED) is 0.785. The van der Waals surface area contributed by atoms with E-state index in [1.165, 1.54) is 6.07 Å². The molecule has 2 aromatic carbocycles. The van der Waals surface area contributed by atoms with E-state index in [1.807, 2.05) is 0 Å². The maximum atomic E-state index is 13.9. The van der Waals surface area contributed by atoms with Crippen LogP contribution < -0.4 is 11.1 Å². The van der Waals surface area contributed by atoms with Gasteiger partial charge in [0, 0.05) is 15.1 Å². The summed E-state index contributed by atoms with van der Waals surface area (Å²) in [6.45, 7) is 0. The average Bonchev–Trinajstić information content (AvgIpc) is 2.36. The molecule has 2 nitrogen and oxygen atoms in total. The molecule has 19 heavy (non-hydrogen) atoms. The fourth-order valence-electron chi connectivity index (χ4n) is 1.51. The fraction of sp³-hybridized carbons (Fsp3) is 0. The first-order valence-corrected chi connectivity index (χ1v) is 6.87. The Morgan fingerprint density at radius 3 is 2.58 bits per heavy atom. The lowest BCUT2D eigenvalue weighted by atomic mass is 10.2. The van der Waals surface area contributed by atoms with Gasteiger partial charge in [0.05, 0.1) is 11.4 Å². The van der Waals surface area contributed by atoms with Crippen molar-refractivity contribution in [2.75, 3.05) is 5.32 Å². The Balaban J connectivity index is 2.33. The summed E-state index contributed by atoms with van der Waals surface area (Å²) in [5, 5.41) is 3.52. The van der Waals surface area contributed by atoms with Crippen molar-refractivity contribution in [3.63, 3.8) is 0 Å². The molecule has 3 N–H and O–H groups in total. The van der Waals surface area contributed by atoms with E-state index in [2.05, 4.69) is 21.2 Å². The van der Waals surface area contributed by atoms with Gasteiger partial charge in [-0.3, -0.25) is 0 Å². The van der Waals surface area contributed by atoms with Gasteiger partial charge in [-0.15, -0.1) is 0 Å². The number of anilines is 2. The zero-order valence-corrected chi connectivity index (χ0v) is 12.7. The van der Waals surface area contributed by atoms with E-state index in [-0.39, 0.29) is 4.99 Å². The highest BCUT2D eigenvalue weighted by atomic mass is 79.9. The summed E-state index contributed by atoms with van der Waals surface area (Å²) in [6, 6.07) is 9.76. The molecule has 0 aliphatic heterocycles. The van der Waals surface area contributed by atoms with Crippen LogP contribution in [0.1, 0.15) is 5.56 Å². The molecule has 0 unspecified atom stereocenters. The number of hydrogen-bond acceptors (Lipinski definition) is 2. The van der Waals surface area contributed by atoms with Gasteiger partial charge in [0.2, 0.25) is 0 Å². The van der Waals surface area contributed by atoms with Crippen LogP contribution in [-0.4, -0.2) is 4.99 Å². The summed E-state index contributed by atoms with van der Waals surface area (Å²) in [7, 11) is 0. The maximum Gasteiger partial charge on any atom is 0.147 e. The van der Waals surface area contributed by atoms with Crippen LogP contribution >= 0.6 is 39.7 Å². The average molecular weight is 360 g/mol. The summed E-state index contributed by atoms with van der Waals surface area (Å²) in [5.74, 6) is -0.433. The molecule has 0 heterocycles. The zero-order valence-electron chi connectivity index (χ0n) is 9.58. The molecule has 0 radical (unpaired) electrons. The summed E-state index contributed by atoms with van der Waals surface area (Å²) >= 11 is 14.1. The Bertz CT molecular complexity index is 649. The predicted octanol–water partition coefficient (Wildman–Crippen LogP) is 4.62. The monoisotopic (exact) mass is 358 g/mol.